The summed E-state index contributed by atoms with van der Waals surface area (Å²) in [5.74, 6) is -0.938. The number of benzene rings is 2. The van der Waals surface area contributed by atoms with Crippen LogP contribution in [0.5, 0.6) is 0 Å². The molecule has 0 aliphatic heterocycles. The van der Waals surface area contributed by atoms with Crippen LogP contribution in [0.25, 0.3) is 10.9 Å². The van der Waals surface area contributed by atoms with Crippen LogP contribution < -0.4 is 34.9 Å². The van der Waals surface area contributed by atoms with Crippen molar-refractivity contribution in [3.63, 3.8) is 0 Å². The molecule has 0 aliphatic carbocycles. The van der Waals surface area contributed by atoms with Crippen LogP contribution in [0.2, 0.25) is 5.02 Å². The molecule has 0 fully saturated rings. The van der Waals surface area contributed by atoms with Crippen LogP contribution >= 0.6 is 23.4 Å². The van der Waals surface area contributed by atoms with Crippen LogP contribution in [0.15, 0.2) is 47.4 Å². The van der Waals surface area contributed by atoms with Gasteiger partial charge in [-0.2, -0.15) is 0 Å². The Morgan fingerprint density at radius 1 is 1.08 bits per heavy atom. The van der Waals surface area contributed by atoms with Crippen molar-refractivity contribution >= 4 is 46.1 Å². The topological polar surface area (TPSA) is 71.3 Å². The van der Waals surface area contributed by atoms with Crippen LogP contribution in [0.3, 0.4) is 0 Å². The molecule has 1 heterocycles. The summed E-state index contributed by atoms with van der Waals surface area (Å²) in [7, 11) is 0. The molecule has 2 aromatic carbocycles. The second-order valence-electron chi connectivity index (χ2n) is 11.3. The van der Waals surface area contributed by atoms with E-state index in [0.29, 0.717) is 23.9 Å². The van der Waals surface area contributed by atoms with E-state index in [2.05, 4.69) is 62.7 Å². The molecule has 0 saturated carbocycles. The standard InChI is InChI=1S/C29H37ClN2O3S.Na.H/c1-18(2)20-10-13-23-22(14-20)26(36-28(3,4)5)24(15-29(6,7)27(35)31-16-25(33)34)32(23)17-19-8-11-21(30)12-9-19;;/h8-14,18H,15-17H2,1-7H3,(H,31,35)(H,33,34);;/q;+1;-1. The van der Waals surface area contributed by atoms with Gasteiger partial charge in [0.25, 0.3) is 0 Å². The Morgan fingerprint density at radius 3 is 2.24 bits per heavy atom. The summed E-state index contributed by atoms with van der Waals surface area (Å²) in [5, 5.41) is 13.5. The number of aliphatic carboxylic acids is 1. The zero-order valence-corrected chi connectivity index (χ0v) is 26.8. The van der Waals surface area contributed by atoms with Crippen LogP contribution in [0.1, 0.15) is 72.6 Å². The van der Waals surface area contributed by atoms with Crippen molar-refractivity contribution in [3.8, 4) is 0 Å². The Bertz CT molecular complexity index is 1270. The fourth-order valence-corrected chi connectivity index (χ4v) is 5.51. The third kappa shape index (κ3) is 8.27. The zero-order chi connectivity index (χ0) is 26.8. The summed E-state index contributed by atoms with van der Waals surface area (Å²) in [4.78, 5) is 25.3. The monoisotopic (exact) mass is 552 g/mol. The number of amides is 1. The zero-order valence-electron chi connectivity index (χ0n) is 24.2. The number of rotatable bonds is 9. The van der Waals surface area contributed by atoms with Gasteiger partial charge in [0.1, 0.15) is 6.54 Å². The number of carboxylic acids is 1. The van der Waals surface area contributed by atoms with Crippen LogP contribution in [0.4, 0.5) is 0 Å². The van der Waals surface area contributed by atoms with Gasteiger partial charge in [0.15, 0.2) is 0 Å². The summed E-state index contributed by atoms with van der Waals surface area (Å²) in [6.07, 6.45) is 0.468. The fourth-order valence-electron chi connectivity index (χ4n) is 4.20. The average Bonchev–Trinajstić information content (AvgIpc) is 3.03. The van der Waals surface area contributed by atoms with Crippen molar-refractivity contribution in [2.75, 3.05) is 6.54 Å². The number of carboxylic acid groups (broad SMARTS) is 1. The summed E-state index contributed by atoms with van der Waals surface area (Å²) in [6.45, 7) is 15.0. The Hall–Kier alpha value is -1.44. The number of nitrogens with zero attached hydrogens (tertiary/aromatic N) is 1. The third-order valence-corrected chi connectivity index (χ3v) is 7.62. The van der Waals surface area contributed by atoms with E-state index >= 15 is 0 Å². The van der Waals surface area contributed by atoms with Crippen molar-refractivity contribution in [3.05, 3.63) is 64.3 Å². The first kappa shape index (κ1) is 31.8. The van der Waals surface area contributed by atoms with E-state index in [1.54, 1.807) is 0 Å². The molecule has 8 heteroatoms. The van der Waals surface area contributed by atoms with Crippen LogP contribution in [0, 0.1) is 5.41 Å². The molecule has 2 N–H and O–H groups in total. The molecule has 0 unspecified atom stereocenters. The van der Waals surface area contributed by atoms with Gasteiger partial charge in [-0.3, -0.25) is 9.59 Å². The second kappa shape index (κ2) is 12.6. The smallest absolute Gasteiger partial charge is 1.00 e. The predicted molar refractivity (Wildman–Crippen MR) is 151 cm³/mol. The van der Waals surface area contributed by atoms with E-state index in [1.807, 2.05) is 49.9 Å². The number of carbonyl (C=O) groups is 2. The Kier molecular flexibility index (Phi) is 10.8. The van der Waals surface area contributed by atoms with Gasteiger partial charge in [-0.1, -0.05) is 78.3 Å². The quantitative estimate of drug-likeness (QED) is 0.308. The largest absolute Gasteiger partial charge is 1.00 e. The van der Waals surface area contributed by atoms with Crippen LogP contribution in [-0.2, 0) is 22.6 Å². The summed E-state index contributed by atoms with van der Waals surface area (Å²) >= 11 is 7.96. The molecule has 1 amide bonds. The van der Waals surface area contributed by atoms with Gasteiger partial charge in [-0.15, -0.1) is 11.8 Å². The summed E-state index contributed by atoms with van der Waals surface area (Å²) in [6, 6.07) is 14.5. The SMILES string of the molecule is CC(C)c1ccc2c(c1)c(SC(C)(C)C)c(CC(C)(C)C(=O)NCC(=O)O)n2Cc1ccc(Cl)cc1.[H-].[Na+]. The number of fused-ring (bicyclic) bond motifs is 1. The average molecular weight is 553 g/mol. The molecule has 0 spiro atoms. The summed E-state index contributed by atoms with van der Waals surface area (Å²) in [5.41, 5.74) is 3.78. The maximum atomic E-state index is 13.0. The first-order valence-electron chi connectivity index (χ1n) is 12.3. The molecule has 0 aliphatic rings. The molecule has 0 bridgehead atoms. The molecule has 37 heavy (non-hydrogen) atoms. The number of halogens is 1. The minimum Gasteiger partial charge on any atom is -1.00 e. The van der Waals surface area contributed by atoms with Gasteiger partial charge in [-0.25, -0.2) is 0 Å². The maximum Gasteiger partial charge on any atom is 1.00 e. The molecular weight excluding hydrogens is 515 g/mol. The summed E-state index contributed by atoms with van der Waals surface area (Å²) < 4.78 is 2.26. The minimum absolute atomic E-state index is 0. The molecular formula is C29H38ClN2NaO3S. The number of aromatic nitrogens is 1. The van der Waals surface area contributed by atoms with Crippen molar-refractivity contribution in [2.45, 2.75) is 77.0 Å². The number of carbonyl (C=O) groups excluding carboxylic acids is 1. The Morgan fingerprint density at radius 2 is 1.70 bits per heavy atom. The number of thioether (sulfide) groups is 1. The van der Waals surface area contributed by atoms with E-state index in [0.717, 1.165) is 16.8 Å². The molecule has 0 saturated heterocycles. The molecule has 0 radical (unpaired) electrons. The number of hydrogen-bond acceptors (Lipinski definition) is 3. The van der Waals surface area contributed by atoms with Crippen molar-refractivity contribution in [1.29, 1.82) is 0 Å². The fraction of sp³-hybridized carbons (Fsp3) is 0.448. The van der Waals surface area contributed by atoms with E-state index in [-0.39, 0.29) is 41.6 Å². The van der Waals surface area contributed by atoms with E-state index in [1.165, 1.54) is 15.8 Å². The first-order valence-corrected chi connectivity index (χ1v) is 13.5. The Balaban J connectivity index is 0.00000361. The molecule has 1 aromatic heterocycles. The molecule has 3 aromatic rings. The van der Waals surface area contributed by atoms with Gasteiger partial charge in [-0.05, 0) is 41.3 Å². The van der Waals surface area contributed by atoms with E-state index < -0.39 is 17.9 Å². The number of hydrogen-bond donors (Lipinski definition) is 2. The minimum atomic E-state index is -1.05. The van der Waals surface area contributed by atoms with Gasteiger partial charge in [0, 0.05) is 49.6 Å². The van der Waals surface area contributed by atoms with Gasteiger partial charge >= 0.3 is 35.5 Å². The second-order valence-corrected chi connectivity index (χ2v) is 13.5. The van der Waals surface area contributed by atoms with Crippen molar-refractivity contribution in [1.82, 2.24) is 9.88 Å². The molecule has 196 valence electrons. The normalized spacial score (nSPS) is 12.0. The van der Waals surface area contributed by atoms with Gasteiger partial charge in [0.05, 0.1) is 0 Å². The van der Waals surface area contributed by atoms with Crippen molar-refractivity contribution < 1.29 is 45.7 Å². The van der Waals surface area contributed by atoms with Gasteiger partial charge < -0.3 is 16.4 Å². The van der Waals surface area contributed by atoms with Gasteiger partial charge in [0.2, 0.25) is 5.91 Å². The van der Waals surface area contributed by atoms with Crippen molar-refractivity contribution in [2.24, 2.45) is 5.41 Å². The Labute approximate surface area is 253 Å². The van der Waals surface area contributed by atoms with E-state index in [4.69, 9.17) is 16.7 Å². The first-order chi connectivity index (χ1) is 16.7. The molecule has 5 nitrogen and oxygen atoms in total. The molecule has 0 atom stereocenters. The molecule has 3 rings (SSSR count). The predicted octanol–water partition coefficient (Wildman–Crippen LogP) is 4.24. The van der Waals surface area contributed by atoms with E-state index in [9.17, 15) is 9.59 Å². The van der Waals surface area contributed by atoms with Crippen LogP contribution in [-0.4, -0.2) is 32.8 Å². The number of nitrogens with one attached hydrogen (secondary N) is 1. The maximum absolute atomic E-state index is 13.0. The third-order valence-electron chi connectivity index (χ3n) is 6.10.